The molecule has 0 fully saturated rings. The molecule has 3 N–H and O–H groups in total. The number of nitrogens with one attached hydrogen (secondary N) is 3. The summed E-state index contributed by atoms with van der Waals surface area (Å²) in [5, 5.41) is 9.11. The van der Waals surface area contributed by atoms with Crippen molar-refractivity contribution in [1.82, 2.24) is 9.97 Å². The highest BCUT2D eigenvalue weighted by Gasteiger charge is 2.10. The monoisotopic (exact) mass is 415 g/mol. The lowest BCUT2D eigenvalue weighted by Crippen LogP contribution is -2.10. The van der Waals surface area contributed by atoms with Crippen LogP contribution in [0.4, 0.5) is 23.1 Å². The molecule has 0 spiro atoms. The fraction of sp³-hybridized carbons (Fsp3) is 0.167. The quantitative estimate of drug-likeness (QED) is 0.545. The van der Waals surface area contributed by atoms with Gasteiger partial charge in [-0.15, -0.1) is 0 Å². The number of aromatic nitrogens is 2. The molecule has 26 heavy (non-hydrogen) atoms. The van der Waals surface area contributed by atoms with E-state index in [1.165, 1.54) is 0 Å². The van der Waals surface area contributed by atoms with Crippen molar-refractivity contribution in [3.05, 3.63) is 58.6 Å². The Hall–Kier alpha value is -2.87. The van der Waals surface area contributed by atoms with Crippen LogP contribution in [0.2, 0.25) is 0 Å². The van der Waals surface area contributed by atoms with Crippen LogP contribution in [0.15, 0.2) is 51.6 Å². The second-order valence-electron chi connectivity index (χ2n) is 5.51. The zero-order chi connectivity index (χ0) is 18.5. The van der Waals surface area contributed by atoms with E-state index in [1.807, 2.05) is 32.0 Å². The third-order valence-electron chi connectivity index (χ3n) is 3.40. The van der Waals surface area contributed by atoms with Crippen molar-refractivity contribution >= 4 is 45.0 Å². The predicted octanol–water partition coefficient (Wildman–Crippen LogP) is 4.57. The van der Waals surface area contributed by atoms with Crippen molar-refractivity contribution in [2.75, 3.05) is 22.5 Å². The smallest absolute Gasteiger partial charge is 0.291 e. The van der Waals surface area contributed by atoms with Gasteiger partial charge in [0.05, 0.1) is 0 Å². The molecule has 1 aromatic carbocycles. The Morgan fingerprint density at radius 3 is 2.50 bits per heavy atom. The zero-order valence-corrected chi connectivity index (χ0v) is 15.9. The average molecular weight is 416 g/mol. The average Bonchev–Trinajstić information content (AvgIpc) is 3.03. The molecule has 0 atom stereocenters. The van der Waals surface area contributed by atoms with Crippen molar-refractivity contribution in [2.24, 2.45) is 0 Å². The largest absolute Gasteiger partial charge is 0.444 e. The van der Waals surface area contributed by atoms with Gasteiger partial charge in [-0.3, -0.25) is 4.79 Å². The first-order chi connectivity index (χ1) is 12.5. The van der Waals surface area contributed by atoms with Crippen LogP contribution in [-0.2, 0) is 0 Å². The summed E-state index contributed by atoms with van der Waals surface area (Å²) in [4.78, 5) is 20.8. The minimum absolute atomic E-state index is 0.242. The molecule has 0 saturated carbocycles. The SMILES string of the molecule is CCNc1nc(C)cc(Nc2ccc(NC(=O)c3ccc(Br)o3)cc2)n1. The van der Waals surface area contributed by atoms with Gasteiger partial charge in [0, 0.05) is 29.7 Å². The van der Waals surface area contributed by atoms with Crippen LogP contribution in [0.25, 0.3) is 0 Å². The highest BCUT2D eigenvalue weighted by atomic mass is 79.9. The van der Waals surface area contributed by atoms with Gasteiger partial charge in [-0.1, -0.05) is 0 Å². The molecule has 7 nitrogen and oxygen atoms in total. The number of anilines is 4. The van der Waals surface area contributed by atoms with Gasteiger partial charge < -0.3 is 20.4 Å². The van der Waals surface area contributed by atoms with Crippen LogP contribution in [0.5, 0.6) is 0 Å². The Morgan fingerprint density at radius 2 is 1.85 bits per heavy atom. The number of nitrogens with zero attached hydrogens (tertiary/aromatic N) is 2. The summed E-state index contributed by atoms with van der Waals surface area (Å²) in [6, 6.07) is 12.5. The summed E-state index contributed by atoms with van der Waals surface area (Å²) in [5.41, 5.74) is 2.39. The number of rotatable bonds is 6. The summed E-state index contributed by atoms with van der Waals surface area (Å²) in [5.74, 6) is 1.22. The topological polar surface area (TPSA) is 92.1 Å². The van der Waals surface area contributed by atoms with Crippen molar-refractivity contribution < 1.29 is 9.21 Å². The first-order valence-electron chi connectivity index (χ1n) is 8.07. The summed E-state index contributed by atoms with van der Waals surface area (Å²) in [7, 11) is 0. The van der Waals surface area contributed by atoms with Crippen LogP contribution in [0.3, 0.4) is 0 Å². The number of aryl methyl sites for hydroxylation is 1. The number of hydrogen-bond donors (Lipinski definition) is 3. The van der Waals surface area contributed by atoms with E-state index in [0.717, 1.165) is 17.9 Å². The molecular weight excluding hydrogens is 398 g/mol. The number of amides is 1. The van der Waals surface area contributed by atoms with Crippen molar-refractivity contribution in [3.8, 4) is 0 Å². The van der Waals surface area contributed by atoms with Gasteiger partial charge in [-0.05, 0) is 66.2 Å². The Morgan fingerprint density at radius 1 is 1.12 bits per heavy atom. The second-order valence-corrected chi connectivity index (χ2v) is 6.29. The van der Waals surface area contributed by atoms with Crippen LogP contribution < -0.4 is 16.0 Å². The maximum atomic E-state index is 12.1. The molecule has 134 valence electrons. The Balaban J connectivity index is 1.67. The number of carbonyl (C=O) groups is 1. The van der Waals surface area contributed by atoms with E-state index in [2.05, 4.69) is 41.8 Å². The Bertz CT molecular complexity index is 908. The lowest BCUT2D eigenvalue weighted by Gasteiger charge is -2.10. The van der Waals surface area contributed by atoms with E-state index >= 15 is 0 Å². The molecule has 8 heteroatoms. The minimum atomic E-state index is -0.307. The first kappa shape index (κ1) is 17.9. The number of halogens is 1. The molecule has 0 aliphatic carbocycles. The molecule has 0 aliphatic heterocycles. The molecule has 0 unspecified atom stereocenters. The van der Waals surface area contributed by atoms with Crippen molar-refractivity contribution in [1.29, 1.82) is 0 Å². The van der Waals surface area contributed by atoms with Gasteiger partial charge in [0.25, 0.3) is 5.91 Å². The zero-order valence-electron chi connectivity index (χ0n) is 14.3. The fourth-order valence-corrected chi connectivity index (χ4v) is 2.59. The van der Waals surface area contributed by atoms with Gasteiger partial charge in [0.1, 0.15) is 5.82 Å². The molecule has 2 heterocycles. The highest BCUT2D eigenvalue weighted by molar-refractivity contribution is 9.10. The van der Waals surface area contributed by atoms with Crippen LogP contribution in [0, 0.1) is 6.92 Å². The standard InChI is InChI=1S/C18H18BrN5O2/c1-3-20-18-21-11(2)10-16(24-18)22-12-4-6-13(7-5-12)23-17(25)14-8-9-15(19)26-14/h4-10H,3H2,1-2H3,(H,23,25)(H2,20,21,22,24). The Labute approximate surface area is 159 Å². The lowest BCUT2D eigenvalue weighted by molar-refractivity contribution is 0.0995. The summed E-state index contributed by atoms with van der Waals surface area (Å²) < 4.78 is 5.75. The van der Waals surface area contributed by atoms with E-state index in [-0.39, 0.29) is 11.7 Å². The third-order valence-corrected chi connectivity index (χ3v) is 3.83. The number of carbonyl (C=O) groups excluding carboxylic acids is 1. The molecule has 0 bridgehead atoms. The normalized spacial score (nSPS) is 10.4. The molecule has 1 amide bonds. The minimum Gasteiger partial charge on any atom is -0.444 e. The van der Waals surface area contributed by atoms with E-state index in [4.69, 9.17) is 4.42 Å². The molecule has 3 rings (SSSR count). The van der Waals surface area contributed by atoms with Gasteiger partial charge >= 0.3 is 0 Å². The summed E-state index contributed by atoms with van der Waals surface area (Å²) in [6.45, 7) is 4.66. The molecule has 0 saturated heterocycles. The summed E-state index contributed by atoms with van der Waals surface area (Å²) >= 11 is 3.18. The maximum absolute atomic E-state index is 12.1. The predicted molar refractivity (Wildman–Crippen MR) is 105 cm³/mol. The molecular formula is C18H18BrN5O2. The third kappa shape index (κ3) is 4.60. The lowest BCUT2D eigenvalue weighted by atomic mass is 10.2. The van der Waals surface area contributed by atoms with Crippen molar-refractivity contribution in [2.45, 2.75) is 13.8 Å². The Kier molecular flexibility index (Phi) is 5.52. The molecule has 0 aliphatic rings. The first-order valence-corrected chi connectivity index (χ1v) is 8.86. The highest BCUT2D eigenvalue weighted by Crippen LogP contribution is 2.20. The number of benzene rings is 1. The van der Waals surface area contributed by atoms with E-state index in [9.17, 15) is 4.79 Å². The summed E-state index contributed by atoms with van der Waals surface area (Å²) in [6.07, 6.45) is 0. The van der Waals surface area contributed by atoms with Gasteiger partial charge in [0.2, 0.25) is 5.95 Å². The van der Waals surface area contributed by atoms with Crippen LogP contribution in [0.1, 0.15) is 23.2 Å². The van der Waals surface area contributed by atoms with Gasteiger partial charge in [-0.25, -0.2) is 4.98 Å². The second kappa shape index (κ2) is 8.01. The fourth-order valence-electron chi connectivity index (χ4n) is 2.28. The molecule has 3 aromatic rings. The number of hydrogen-bond acceptors (Lipinski definition) is 6. The molecule has 2 aromatic heterocycles. The van der Waals surface area contributed by atoms with E-state index < -0.39 is 0 Å². The molecule has 0 radical (unpaired) electrons. The van der Waals surface area contributed by atoms with Gasteiger partial charge in [-0.2, -0.15) is 4.98 Å². The van der Waals surface area contributed by atoms with Crippen LogP contribution >= 0.6 is 15.9 Å². The number of furan rings is 1. The van der Waals surface area contributed by atoms with E-state index in [0.29, 0.717) is 22.1 Å². The van der Waals surface area contributed by atoms with E-state index in [1.54, 1.807) is 24.3 Å². The van der Waals surface area contributed by atoms with Crippen LogP contribution in [-0.4, -0.2) is 22.4 Å². The van der Waals surface area contributed by atoms with Crippen molar-refractivity contribution in [3.63, 3.8) is 0 Å². The van der Waals surface area contributed by atoms with Gasteiger partial charge in [0.15, 0.2) is 10.4 Å². The maximum Gasteiger partial charge on any atom is 0.291 e.